The molecule has 0 aliphatic rings. The molecule has 1 heterocycles. The van der Waals surface area contributed by atoms with Crippen LogP contribution in [0.1, 0.15) is 102 Å². The van der Waals surface area contributed by atoms with Crippen LogP contribution in [0.25, 0.3) is 0 Å². The highest BCUT2D eigenvalue weighted by atomic mass is 16.5. The van der Waals surface area contributed by atoms with Crippen molar-refractivity contribution in [2.24, 2.45) is 0 Å². The van der Waals surface area contributed by atoms with Crippen LogP contribution < -0.4 is 11.2 Å². The molecule has 0 spiro atoms. The summed E-state index contributed by atoms with van der Waals surface area (Å²) in [4.78, 5) is 37.0. The van der Waals surface area contributed by atoms with Gasteiger partial charge < -0.3 is 4.74 Å². The molecular weight excluding hydrogens is 368 g/mol. The third kappa shape index (κ3) is 12.3. The summed E-state index contributed by atoms with van der Waals surface area (Å²) in [5, 5.41) is 0. The largest absolute Gasteiger partial charge is 0.466 e. The molecule has 6 heteroatoms. The maximum absolute atomic E-state index is 11.8. The summed E-state index contributed by atoms with van der Waals surface area (Å²) in [6.07, 6.45) is 18.3. The first kappa shape index (κ1) is 25.2. The quantitative estimate of drug-likeness (QED) is 0.294. The smallest absolute Gasteiger partial charge is 0.328 e. The van der Waals surface area contributed by atoms with Gasteiger partial charge in [-0.1, -0.05) is 84.0 Å². The van der Waals surface area contributed by atoms with Crippen molar-refractivity contribution in [3.63, 3.8) is 0 Å². The van der Waals surface area contributed by atoms with Crippen molar-refractivity contribution < 1.29 is 9.53 Å². The standard InChI is InChI=1S/C23H40N2O4/c1-3-4-5-6-7-8-9-10-11-12-13-14-15-18-29-21(26)16-17-25-19-20(2)22(27)24-23(25)28/h19H,3-18H2,1-2H3,(H,24,27,28). The molecule has 0 bridgehead atoms. The molecule has 0 saturated heterocycles. The molecule has 0 radical (unpaired) electrons. The Kier molecular flexibility index (Phi) is 13.9. The highest BCUT2D eigenvalue weighted by Crippen LogP contribution is 2.12. The van der Waals surface area contributed by atoms with Crippen LogP contribution in [-0.4, -0.2) is 22.1 Å². The number of esters is 1. The van der Waals surface area contributed by atoms with E-state index < -0.39 is 11.2 Å². The van der Waals surface area contributed by atoms with Crippen LogP contribution in [-0.2, 0) is 16.1 Å². The Balaban J connectivity index is 1.94. The molecule has 0 unspecified atom stereocenters. The number of hydrogen-bond donors (Lipinski definition) is 1. The number of aromatic amines is 1. The van der Waals surface area contributed by atoms with E-state index in [1.807, 2.05) is 0 Å². The normalized spacial score (nSPS) is 11.0. The lowest BCUT2D eigenvalue weighted by Gasteiger charge is -2.07. The molecule has 1 aromatic heterocycles. The number of H-pyrrole nitrogens is 1. The van der Waals surface area contributed by atoms with E-state index >= 15 is 0 Å². The van der Waals surface area contributed by atoms with E-state index in [4.69, 9.17) is 4.74 Å². The van der Waals surface area contributed by atoms with Crippen LogP contribution in [0, 0.1) is 6.92 Å². The Morgan fingerprint density at radius 2 is 1.41 bits per heavy atom. The van der Waals surface area contributed by atoms with E-state index in [1.165, 1.54) is 81.4 Å². The van der Waals surface area contributed by atoms with Crippen molar-refractivity contribution in [2.75, 3.05) is 6.61 Å². The molecule has 29 heavy (non-hydrogen) atoms. The van der Waals surface area contributed by atoms with Gasteiger partial charge in [0.25, 0.3) is 5.56 Å². The highest BCUT2D eigenvalue weighted by molar-refractivity contribution is 5.69. The number of nitrogens with one attached hydrogen (secondary N) is 1. The summed E-state index contributed by atoms with van der Waals surface area (Å²) in [6.45, 7) is 4.54. The average molecular weight is 409 g/mol. The Morgan fingerprint density at radius 1 is 0.897 bits per heavy atom. The van der Waals surface area contributed by atoms with Gasteiger partial charge in [-0.3, -0.25) is 19.1 Å². The fraction of sp³-hybridized carbons (Fsp3) is 0.783. The minimum Gasteiger partial charge on any atom is -0.466 e. The van der Waals surface area contributed by atoms with Crippen LogP contribution in [0.3, 0.4) is 0 Å². The van der Waals surface area contributed by atoms with E-state index in [1.54, 1.807) is 6.92 Å². The van der Waals surface area contributed by atoms with Gasteiger partial charge in [-0.15, -0.1) is 0 Å². The van der Waals surface area contributed by atoms with Crippen molar-refractivity contribution in [2.45, 2.75) is 110 Å². The van der Waals surface area contributed by atoms with E-state index in [-0.39, 0.29) is 18.9 Å². The molecule has 0 fully saturated rings. The van der Waals surface area contributed by atoms with Gasteiger partial charge in [0.2, 0.25) is 0 Å². The number of aromatic nitrogens is 2. The van der Waals surface area contributed by atoms with Gasteiger partial charge in [0.05, 0.1) is 13.0 Å². The maximum Gasteiger partial charge on any atom is 0.328 e. The first-order chi connectivity index (χ1) is 14.0. The van der Waals surface area contributed by atoms with Gasteiger partial charge in [-0.25, -0.2) is 4.79 Å². The van der Waals surface area contributed by atoms with Crippen LogP contribution in [0.2, 0.25) is 0 Å². The highest BCUT2D eigenvalue weighted by Gasteiger charge is 2.06. The summed E-state index contributed by atoms with van der Waals surface area (Å²) in [7, 11) is 0. The second-order valence-corrected chi connectivity index (χ2v) is 7.98. The third-order valence-corrected chi connectivity index (χ3v) is 5.26. The Hall–Kier alpha value is -1.85. The number of aryl methyl sites for hydroxylation is 2. The van der Waals surface area contributed by atoms with Crippen LogP contribution in [0.15, 0.2) is 15.8 Å². The van der Waals surface area contributed by atoms with Crippen molar-refractivity contribution in [1.82, 2.24) is 9.55 Å². The summed E-state index contributed by atoms with van der Waals surface area (Å²) in [5.74, 6) is -0.306. The minimum atomic E-state index is -0.495. The number of ether oxygens (including phenoxy) is 1. The summed E-state index contributed by atoms with van der Waals surface area (Å²) in [5.41, 5.74) is -0.439. The first-order valence-electron chi connectivity index (χ1n) is 11.5. The molecule has 0 aromatic carbocycles. The number of nitrogens with zero attached hydrogens (tertiary/aromatic N) is 1. The second kappa shape index (κ2) is 16.0. The van der Waals surface area contributed by atoms with Crippen molar-refractivity contribution in [3.05, 3.63) is 32.6 Å². The van der Waals surface area contributed by atoms with Crippen molar-refractivity contribution in [1.29, 1.82) is 0 Å². The average Bonchev–Trinajstić information content (AvgIpc) is 2.70. The molecule has 0 aliphatic carbocycles. The molecule has 0 saturated carbocycles. The zero-order chi connectivity index (χ0) is 21.3. The number of hydrogen-bond acceptors (Lipinski definition) is 4. The lowest BCUT2D eigenvalue weighted by Crippen LogP contribution is -2.31. The second-order valence-electron chi connectivity index (χ2n) is 7.98. The zero-order valence-corrected chi connectivity index (χ0v) is 18.5. The Morgan fingerprint density at radius 3 is 1.97 bits per heavy atom. The fourth-order valence-electron chi connectivity index (χ4n) is 3.37. The fourth-order valence-corrected chi connectivity index (χ4v) is 3.37. The van der Waals surface area contributed by atoms with Gasteiger partial charge in [-0.2, -0.15) is 0 Å². The molecule has 166 valence electrons. The Bertz CT molecular complexity index is 678. The van der Waals surface area contributed by atoms with Gasteiger partial charge >= 0.3 is 11.7 Å². The third-order valence-electron chi connectivity index (χ3n) is 5.26. The summed E-state index contributed by atoms with van der Waals surface area (Å²) < 4.78 is 6.57. The molecular formula is C23H40N2O4. The minimum absolute atomic E-state index is 0.129. The van der Waals surface area contributed by atoms with Gasteiger partial charge in [0, 0.05) is 18.3 Å². The summed E-state index contributed by atoms with van der Waals surface area (Å²) in [6, 6.07) is 0. The maximum atomic E-state index is 11.8. The lowest BCUT2D eigenvalue weighted by molar-refractivity contribution is -0.144. The van der Waals surface area contributed by atoms with E-state index in [9.17, 15) is 14.4 Å². The van der Waals surface area contributed by atoms with Crippen LogP contribution in [0.4, 0.5) is 0 Å². The van der Waals surface area contributed by atoms with E-state index in [0.29, 0.717) is 12.2 Å². The molecule has 1 aromatic rings. The Labute approximate surface area is 175 Å². The predicted octanol–water partition coefficient (Wildman–Crippen LogP) is 4.87. The SMILES string of the molecule is CCCCCCCCCCCCCCCOC(=O)CCn1cc(C)c(=O)[nH]c1=O. The first-order valence-corrected chi connectivity index (χ1v) is 11.5. The topological polar surface area (TPSA) is 81.2 Å². The molecule has 0 amide bonds. The number of unbranched alkanes of at least 4 members (excludes halogenated alkanes) is 12. The van der Waals surface area contributed by atoms with E-state index in [0.717, 1.165) is 12.8 Å². The predicted molar refractivity (Wildman–Crippen MR) is 117 cm³/mol. The van der Waals surface area contributed by atoms with Gasteiger partial charge in [0.1, 0.15) is 0 Å². The lowest BCUT2D eigenvalue weighted by atomic mass is 10.0. The molecule has 0 atom stereocenters. The zero-order valence-electron chi connectivity index (χ0n) is 18.5. The van der Waals surface area contributed by atoms with Crippen LogP contribution in [0.5, 0.6) is 0 Å². The molecule has 1 N–H and O–H groups in total. The monoisotopic (exact) mass is 408 g/mol. The number of carbonyl (C=O) groups excluding carboxylic acids is 1. The number of rotatable bonds is 17. The van der Waals surface area contributed by atoms with Gasteiger partial charge in [-0.05, 0) is 13.3 Å². The molecule has 0 aliphatic heterocycles. The summed E-state index contributed by atoms with van der Waals surface area (Å²) >= 11 is 0. The van der Waals surface area contributed by atoms with E-state index in [2.05, 4.69) is 11.9 Å². The van der Waals surface area contributed by atoms with Crippen LogP contribution >= 0.6 is 0 Å². The van der Waals surface area contributed by atoms with Crippen molar-refractivity contribution >= 4 is 5.97 Å². The molecule has 1 rings (SSSR count). The van der Waals surface area contributed by atoms with Crippen molar-refractivity contribution in [3.8, 4) is 0 Å². The van der Waals surface area contributed by atoms with Gasteiger partial charge in [0.15, 0.2) is 0 Å². The molecule has 6 nitrogen and oxygen atoms in total. The number of carbonyl (C=O) groups is 1.